The molecule has 4 nitrogen and oxygen atoms in total. The van der Waals surface area contributed by atoms with Crippen LogP contribution in [0.2, 0.25) is 0 Å². The lowest BCUT2D eigenvalue weighted by molar-refractivity contribution is 0.332. The van der Waals surface area contributed by atoms with Crippen molar-refractivity contribution >= 4 is 5.96 Å². The van der Waals surface area contributed by atoms with E-state index in [-0.39, 0.29) is 0 Å². The molecule has 2 N–H and O–H groups in total. The summed E-state index contributed by atoms with van der Waals surface area (Å²) in [7, 11) is 2.19. The van der Waals surface area contributed by atoms with E-state index in [0.717, 1.165) is 38.1 Å². The molecule has 18 heavy (non-hydrogen) atoms. The zero-order valence-corrected chi connectivity index (χ0v) is 12.3. The number of aliphatic imine (C=N–C) groups is 1. The molecular formula is C14H30N4. The van der Waals surface area contributed by atoms with E-state index in [2.05, 4.69) is 41.4 Å². The summed E-state index contributed by atoms with van der Waals surface area (Å²) in [6.07, 6.45) is 5.28. The van der Waals surface area contributed by atoms with Crippen molar-refractivity contribution in [3.63, 3.8) is 0 Å². The van der Waals surface area contributed by atoms with Gasteiger partial charge in [-0.05, 0) is 45.7 Å². The number of guanidine groups is 1. The van der Waals surface area contributed by atoms with Gasteiger partial charge in [-0.2, -0.15) is 0 Å². The van der Waals surface area contributed by atoms with E-state index in [0.29, 0.717) is 0 Å². The fourth-order valence-electron chi connectivity index (χ4n) is 1.77. The number of hydrogen-bond donors (Lipinski definition) is 2. The lowest BCUT2D eigenvalue weighted by Gasteiger charge is -2.17. The maximum Gasteiger partial charge on any atom is 0.191 e. The highest BCUT2D eigenvalue weighted by molar-refractivity contribution is 5.79. The molecule has 1 saturated carbocycles. The predicted octanol–water partition coefficient (Wildman–Crippen LogP) is 1.68. The van der Waals surface area contributed by atoms with Crippen molar-refractivity contribution in [3.05, 3.63) is 0 Å². The van der Waals surface area contributed by atoms with E-state index >= 15 is 0 Å². The van der Waals surface area contributed by atoms with Gasteiger partial charge in [-0.1, -0.05) is 13.3 Å². The fourth-order valence-corrected chi connectivity index (χ4v) is 1.77. The van der Waals surface area contributed by atoms with Crippen LogP contribution < -0.4 is 10.6 Å². The van der Waals surface area contributed by atoms with E-state index in [9.17, 15) is 0 Å². The third-order valence-electron chi connectivity index (χ3n) is 3.23. The topological polar surface area (TPSA) is 39.7 Å². The highest BCUT2D eigenvalue weighted by Gasteiger charge is 2.20. The second-order valence-corrected chi connectivity index (χ2v) is 5.25. The highest BCUT2D eigenvalue weighted by atomic mass is 15.2. The van der Waals surface area contributed by atoms with Gasteiger partial charge < -0.3 is 15.5 Å². The van der Waals surface area contributed by atoms with Crippen molar-refractivity contribution in [2.75, 3.05) is 39.8 Å². The first-order chi connectivity index (χ1) is 8.76. The third-order valence-corrected chi connectivity index (χ3v) is 3.23. The van der Waals surface area contributed by atoms with Crippen LogP contribution in [0.25, 0.3) is 0 Å². The summed E-state index contributed by atoms with van der Waals surface area (Å²) < 4.78 is 0. The lowest BCUT2D eigenvalue weighted by atomic mass is 10.3. The number of unbranched alkanes of at least 4 members (excludes halogenated alkanes) is 1. The standard InChI is InChI=1S/C14H30N4/c1-4-6-10-18(3)11-9-16-14(15-5-2)17-12-13-7-8-13/h13H,4-12H2,1-3H3,(H2,15,16,17). The lowest BCUT2D eigenvalue weighted by Crippen LogP contribution is -2.41. The molecule has 1 aliphatic carbocycles. The quantitative estimate of drug-likeness (QED) is 0.486. The van der Waals surface area contributed by atoms with Gasteiger partial charge in [-0.3, -0.25) is 4.99 Å². The number of rotatable bonds is 9. The number of nitrogens with one attached hydrogen (secondary N) is 2. The normalized spacial score (nSPS) is 16.1. The number of hydrogen-bond acceptors (Lipinski definition) is 2. The van der Waals surface area contributed by atoms with Crippen LogP contribution in [0, 0.1) is 5.92 Å². The van der Waals surface area contributed by atoms with Crippen LogP contribution in [0.1, 0.15) is 39.5 Å². The second kappa shape index (κ2) is 9.20. The number of likely N-dealkylation sites (N-methyl/N-ethyl adjacent to an activating group) is 1. The summed E-state index contributed by atoms with van der Waals surface area (Å²) in [5.41, 5.74) is 0. The Hall–Kier alpha value is -0.770. The van der Waals surface area contributed by atoms with Gasteiger partial charge in [0.1, 0.15) is 0 Å². The Labute approximate surface area is 112 Å². The molecule has 1 rings (SSSR count). The van der Waals surface area contributed by atoms with Crippen LogP contribution >= 0.6 is 0 Å². The van der Waals surface area contributed by atoms with Crippen LogP contribution in [0.4, 0.5) is 0 Å². The average Bonchev–Trinajstić information content (AvgIpc) is 3.17. The third kappa shape index (κ3) is 7.54. The molecule has 0 saturated heterocycles. The first-order valence-electron chi connectivity index (χ1n) is 7.47. The van der Waals surface area contributed by atoms with Gasteiger partial charge in [0.25, 0.3) is 0 Å². The Morgan fingerprint density at radius 1 is 1.22 bits per heavy atom. The summed E-state index contributed by atoms with van der Waals surface area (Å²) in [4.78, 5) is 6.99. The van der Waals surface area contributed by atoms with Crippen LogP contribution in [0.5, 0.6) is 0 Å². The Kier molecular flexibility index (Phi) is 7.81. The minimum absolute atomic E-state index is 0.854. The van der Waals surface area contributed by atoms with Crippen molar-refractivity contribution in [2.45, 2.75) is 39.5 Å². The Morgan fingerprint density at radius 3 is 2.61 bits per heavy atom. The van der Waals surface area contributed by atoms with Gasteiger partial charge in [0, 0.05) is 26.2 Å². The van der Waals surface area contributed by atoms with Crippen molar-refractivity contribution in [1.82, 2.24) is 15.5 Å². The number of nitrogens with zero attached hydrogens (tertiary/aromatic N) is 2. The molecule has 0 aromatic carbocycles. The highest BCUT2D eigenvalue weighted by Crippen LogP contribution is 2.28. The second-order valence-electron chi connectivity index (χ2n) is 5.25. The molecular weight excluding hydrogens is 224 g/mol. The monoisotopic (exact) mass is 254 g/mol. The first kappa shape index (κ1) is 15.3. The molecule has 0 amide bonds. The van der Waals surface area contributed by atoms with Crippen molar-refractivity contribution in [1.29, 1.82) is 0 Å². The van der Waals surface area contributed by atoms with Crippen LogP contribution in [-0.4, -0.2) is 50.6 Å². The maximum atomic E-state index is 4.61. The summed E-state index contributed by atoms with van der Waals surface area (Å²) in [6.45, 7) is 9.50. The van der Waals surface area contributed by atoms with E-state index < -0.39 is 0 Å². The van der Waals surface area contributed by atoms with Gasteiger partial charge in [0.05, 0.1) is 0 Å². The molecule has 1 aliphatic rings. The average molecular weight is 254 g/mol. The van der Waals surface area contributed by atoms with Gasteiger partial charge in [0.15, 0.2) is 5.96 Å². The molecule has 4 heteroatoms. The fraction of sp³-hybridized carbons (Fsp3) is 0.929. The first-order valence-corrected chi connectivity index (χ1v) is 7.47. The molecule has 0 aromatic heterocycles. The molecule has 1 fully saturated rings. The zero-order valence-electron chi connectivity index (χ0n) is 12.3. The van der Waals surface area contributed by atoms with E-state index in [1.54, 1.807) is 0 Å². The van der Waals surface area contributed by atoms with Crippen LogP contribution in [0.3, 0.4) is 0 Å². The van der Waals surface area contributed by atoms with Gasteiger partial charge in [-0.15, -0.1) is 0 Å². The van der Waals surface area contributed by atoms with Gasteiger partial charge in [0.2, 0.25) is 0 Å². The summed E-state index contributed by atoms with van der Waals surface area (Å²) >= 11 is 0. The molecule has 0 aromatic rings. The van der Waals surface area contributed by atoms with Crippen molar-refractivity contribution in [3.8, 4) is 0 Å². The van der Waals surface area contributed by atoms with E-state index in [4.69, 9.17) is 0 Å². The molecule has 0 bridgehead atoms. The smallest absolute Gasteiger partial charge is 0.191 e. The molecule has 0 aliphatic heterocycles. The summed E-state index contributed by atoms with van der Waals surface area (Å²) in [6, 6.07) is 0. The SMILES string of the molecule is CCCCN(C)CCNC(=NCC1CC1)NCC. The van der Waals surface area contributed by atoms with Crippen LogP contribution in [0.15, 0.2) is 4.99 Å². The minimum atomic E-state index is 0.854. The van der Waals surface area contributed by atoms with Crippen molar-refractivity contribution in [2.24, 2.45) is 10.9 Å². The summed E-state index contributed by atoms with van der Waals surface area (Å²) in [5.74, 6) is 1.83. The van der Waals surface area contributed by atoms with E-state index in [1.165, 1.54) is 32.2 Å². The van der Waals surface area contributed by atoms with Crippen molar-refractivity contribution < 1.29 is 0 Å². The molecule has 0 atom stereocenters. The largest absolute Gasteiger partial charge is 0.357 e. The minimum Gasteiger partial charge on any atom is -0.357 e. The van der Waals surface area contributed by atoms with Gasteiger partial charge in [-0.25, -0.2) is 0 Å². The molecule has 0 unspecified atom stereocenters. The molecule has 0 spiro atoms. The molecule has 0 heterocycles. The Balaban J connectivity index is 2.13. The maximum absolute atomic E-state index is 4.61. The van der Waals surface area contributed by atoms with Crippen LogP contribution in [-0.2, 0) is 0 Å². The van der Waals surface area contributed by atoms with Gasteiger partial charge >= 0.3 is 0 Å². The molecule has 0 radical (unpaired) electrons. The Bertz CT molecular complexity index is 236. The Morgan fingerprint density at radius 2 is 2.00 bits per heavy atom. The predicted molar refractivity (Wildman–Crippen MR) is 79.1 cm³/mol. The zero-order chi connectivity index (χ0) is 13.2. The summed E-state index contributed by atoms with van der Waals surface area (Å²) in [5, 5.41) is 6.71. The van der Waals surface area contributed by atoms with E-state index in [1.807, 2.05) is 0 Å². The molecule has 106 valence electrons.